The van der Waals surface area contributed by atoms with E-state index in [9.17, 15) is 0 Å². The van der Waals surface area contributed by atoms with Crippen LogP contribution in [0.4, 0.5) is 0 Å². The maximum atomic E-state index is 5.91. The normalized spacial score (nSPS) is 10.9. The number of hydrogen-bond donors (Lipinski definition) is 1. The van der Waals surface area contributed by atoms with Gasteiger partial charge in [0.2, 0.25) is 11.0 Å². The zero-order valence-electron chi connectivity index (χ0n) is 14.4. The molecule has 0 aliphatic heterocycles. The molecule has 2 heterocycles. The summed E-state index contributed by atoms with van der Waals surface area (Å²) in [6.07, 6.45) is 1.70. The van der Waals surface area contributed by atoms with E-state index in [0.29, 0.717) is 44.2 Å². The molecule has 4 aromatic rings. The van der Waals surface area contributed by atoms with Gasteiger partial charge in [0.25, 0.3) is 0 Å². The van der Waals surface area contributed by atoms with Crippen LogP contribution in [0.15, 0.2) is 64.3 Å². The van der Waals surface area contributed by atoms with Gasteiger partial charge in [-0.15, -0.1) is 5.10 Å². The van der Waals surface area contributed by atoms with Crippen LogP contribution in [0.2, 0.25) is 10.0 Å². The number of aromatic nitrogens is 4. The Morgan fingerprint density at radius 1 is 1.00 bits per heavy atom. The number of ether oxygens (including phenoxy) is 1. The van der Waals surface area contributed by atoms with Crippen LogP contribution in [0.25, 0.3) is 11.3 Å². The lowest BCUT2D eigenvalue weighted by molar-refractivity contribution is 0.296. The van der Waals surface area contributed by atoms with Crippen molar-refractivity contribution < 1.29 is 9.15 Å². The SMILES string of the molecule is Clc1ccc(OCc2nc(SCc3ncc(-c4ccc(Cl)cc4)o3)n[nH]2)cc1. The first-order chi connectivity index (χ1) is 13.7. The first-order valence-electron chi connectivity index (χ1n) is 8.29. The summed E-state index contributed by atoms with van der Waals surface area (Å²) in [5.74, 6) is 3.15. The lowest BCUT2D eigenvalue weighted by atomic mass is 10.2. The molecule has 2 aromatic carbocycles. The molecule has 0 saturated carbocycles. The average Bonchev–Trinajstić information content (AvgIpc) is 3.36. The standard InChI is InChI=1S/C19H14Cl2N4O2S/c20-13-3-1-12(2-4-13)16-9-22-18(27-16)11-28-19-23-17(24-25-19)10-26-15-7-5-14(21)6-8-15/h1-9H,10-11H2,(H,23,24,25). The van der Waals surface area contributed by atoms with Gasteiger partial charge in [-0.25, -0.2) is 9.97 Å². The summed E-state index contributed by atoms with van der Waals surface area (Å²) in [6, 6.07) is 14.6. The van der Waals surface area contributed by atoms with Crippen LogP contribution in [-0.4, -0.2) is 20.2 Å². The highest BCUT2D eigenvalue weighted by atomic mass is 35.5. The van der Waals surface area contributed by atoms with Crippen LogP contribution >= 0.6 is 35.0 Å². The Bertz CT molecular complexity index is 1050. The molecule has 1 N–H and O–H groups in total. The highest BCUT2D eigenvalue weighted by Gasteiger charge is 2.10. The molecule has 4 rings (SSSR count). The second-order valence-corrected chi connectivity index (χ2v) is 7.54. The van der Waals surface area contributed by atoms with Crippen molar-refractivity contribution in [1.29, 1.82) is 0 Å². The fourth-order valence-corrected chi connectivity index (χ4v) is 3.26. The Morgan fingerprint density at radius 2 is 1.71 bits per heavy atom. The zero-order valence-corrected chi connectivity index (χ0v) is 16.8. The Hall–Kier alpha value is -2.48. The van der Waals surface area contributed by atoms with Crippen LogP contribution in [-0.2, 0) is 12.4 Å². The Morgan fingerprint density at radius 3 is 2.46 bits per heavy atom. The third kappa shape index (κ3) is 4.86. The van der Waals surface area contributed by atoms with E-state index in [0.717, 1.165) is 5.56 Å². The first-order valence-corrected chi connectivity index (χ1v) is 10.0. The summed E-state index contributed by atoms with van der Waals surface area (Å²) in [7, 11) is 0. The van der Waals surface area contributed by atoms with Gasteiger partial charge in [-0.05, 0) is 48.5 Å². The van der Waals surface area contributed by atoms with Crippen molar-refractivity contribution in [2.75, 3.05) is 0 Å². The van der Waals surface area contributed by atoms with Crippen molar-refractivity contribution in [3.8, 4) is 17.1 Å². The van der Waals surface area contributed by atoms with E-state index in [-0.39, 0.29) is 6.61 Å². The molecule has 0 unspecified atom stereocenters. The summed E-state index contributed by atoms with van der Waals surface area (Å²) in [4.78, 5) is 8.69. The molecule has 0 aliphatic rings. The van der Waals surface area contributed by atoms with Crippen LogP contribution in [0.5, 0.6) is 5.75 Å². The van der Waals surface area contributed by atoms with Gasteiger partial charge in [0.15, 0.2) is 11.6 Å². The topological polar surface area (TPSA) is 76.8 Å². The molecule has 0 spiro atoms. The van der Waals surface area contributed by atoms with Crippen LogP contribution in [0.3, 0.4) is 0 Å². The molecule has 0 bridgehead atoms. The quantitative estimate of drug-likeness (QED) is 0.380. The summed E-state index contributed by atoms with van der Waals surface area (Å²) in [6.45, 7) is 0.287. The number of rotatable bonds is 7. The minimum Gasteiger partial charge on any atom is -0.486 e. The van der Waals surface area contributed by atoms with Crippen molar-refractivity contribution in [3.63, 3.8) is 0 Å². The third-order valence-corrected chi connectivity index (χ3v) is 5.04. The van der Waals surface area contributed by atoms with Crippen molar-refractivity contribution in [2.45, 2.75) is 17.5 Å². The number of halogens is 2. The number of thioether (sulfide) groups is 1. The number of H-pyrrole nitrogens is 1. The number of hydrogen-bond acceptors (Lipinski definition) is 6. The highest BCUT2D eigenvalue weighted by Crippen LogP contribution is 2.25. The van der Waals surface area contributed by atoms with Gasteiger partial charge in [-0.3, -0.25) is 5.10 Å². The molecule has 2 aromatic heterocycles. The molecule has 0 atom stereocenters. The molecular formula is C19H14Cl2N4O2S. The van der Waals surface area contributed by atoms with Crippen molar-refractivity contribution in [1.82, 2.24) is 20.2 Å². The van der Waals surface area contributed by atoms with Gasteiger partial charge in [-0.1, -0.05) is 35.0 Å². The number of nitrogens with zero attached hydrogens (tertiary/aromatic N) is 3. The van der Waals surface area contributed by atoms with Gasteiger partial charge in [0.1, 0.15) is 12.4 Å². The molecule has 142 valence electrons. The third-order valence-electron chi connectivity index (χ3n) is 3.71. The van der Waals surface area contributed by atoms with Gasteiger partial charge < -0.3 is 9.15 Å². The monoisotopic (exact) mass is 432 g/mol. The van der Waals surface area contributed by atoms with Gasteiger partial charge in [-0.2, -0.15) is 0 Å². The fourth-order valence-electron chi connectivity index (χ4n) is 2.34. The van der Waals surface area contributed by atoms with Gasteiger partial charge in [0, 0.05) is 15.6 Å². The predicted octanol–water partition coefficient (Wildman–Crippen LogP) is 5.64. The molecule has 0 fully saturated rings. The summed E-state index contributed by atoms with van der Waals surface area (Å²) >= 11 is 13.2. The maximum Gasteiger partial charge on any atom is 0.209 e. The molecule has 9 heteroatoms. The zero-order chi connectivity index (χ0) is 19.3. The lowest BCUT2D eigenvalue weighted by Crippen LogP contribution is -1.97. The molecular weight excluding hydrogens is 419 g/mol. The van der Waals surface area contributed by atoms with E-state index in [1.807, 2.05) is 24.3 Å². The minimum atomic E-state index is 0.287. The molecule has 0 radical (unpaired) electrons. The molecule has 0 amide bonds. The van der Waals surface area contributed by atoms with E-state index in [4.69, 9.17) is 32.4 Å². The van der Waals surface area contributed by atoms with Crippen molar-refractivity contribution in [3.05, 3.63) is 76.5 Å². The van der Waals surface area contributed by atoms with E-state index in [2.05, 4.69) is 20.2 Å². The Balaban J connectivity index is 1.31. The van der Waals surface area contributed by atoms with E-state index >= 15 is 0 Å². The highest BCUT2D eigenvalue weighted by molar-refractivity contribution is 7.98. The lowest BCUT2D eigenvalue weighted by Gasteiger charge is -2.03. The molecule has 6 nitrogen and oxygen atoms in total. The molecule has 0 saturated heterocycles. The average molecular weight is 433 g/mol. The predicted molar refractivity (Wildman–Crippen MR) is 109 cm³/mol. The smallest absolute Gasteiger partial charge is 0.209 e. The summed E-state index contributed by atoms with van der Waals surface area (Å²) in [5, 5.41) is 8.98. The Labute approximate surface area is 175 Å². The molecule has 0 aliphatic carbocycles. The number of oxazole rings is 1. The summed E-state index contributed by atoms with van der Waals surface area (Å²) < 4.78 is 11.4. The minimum absolute atomic E-state index is 0.287. The first kappa shape index (κ1) is 18.9. The molecule has 28 heavy (non-hydrogen) atoms. The van der Waals surface area contributed by atoms with E-state index < -0.39 is 0 Å². The van der Waals surface area contributed by atoms with E-state index in [1.165, 1.54) is 11.8 Å². The van der Waals surface area contributed by atoms with Crippen LogP contribution < -0.4 is 4.74 Å². The number of benzene rings is 2. The maximum absolute atomic E-state index is 5.91. The second kappa shape index (κ2) is 8.68. The second-order valence-electron chi connectivity index (χ2n) is 5.72. The summed E-state index contributed by atoms with van der Waals surface area (Å²) in [5.41, 5.74) is 0.924. The van der Waals surface area contributed by atoms with Gasteiger partial charge >= 0.3 is 0 Å². The van der Waals surface area contributed by atoms with E-state index in [1.54, 1.807) is 30.5 Å². The largest absolute Gasteiger partial charge is 0.486 e. The van der Waals surface area contributed by atoms with Gasteiger partial charge in [0.05, 0.1) is 11.9 Å². The fraction of sp³-hybridized carbons (Fsp3) is 0.105. The van der Waals surface area contributed by atoms with Crippen LogP contribution in [0.1, 0.15) is 11.7 Å². The van der Waals surface area contributed by atoms with Crippen molar-refractivity contribution >= 4 is 35.0 Å². The van der Waals surface area contributed by atoms with Crippen LogP contribution in [0, 0.1) is 0 Å². The van der Waals surface area contributed by atoms with Crippen molar-refractivity contribution in [2.24, 2.45) is 0 Å². The number of aromatic amines is 1. The Kier molecular flexibility index (Phi) is 5.85. The number of nitrogens with one attached hydrogen (secondary N) is 1.